The highest BCUT2D eigenvalue weighted by molar-refractivity contribution is 5.83. The molecule has 0 radical (unpaired) electrons. The number of morpholine rings is 1. The zero-order valence-corrected chi connectivity index (χ0v) is 12.9. The normalized spacial score (nSPS) is 17.3. The van der Waals surface area contributed by atoms with Crippen LogP contribution < -0.4 is 5.32 Å². The fraction of sp³-hybridized carbons (Fsp3) is 0.389. The molecule has 22 heavy (non-hydrogen) atoms. The summed E-state index contributed by atoms with van der Waals surface area (Å²) in [5.41, 5.74) is 1.13. The number of nitrogens with one attached hydrogen (secondary N) is 1. The van der Waals surface area contributed by atoms with Crippen molar-refractivity contribution in [2.75, 3.05) is 32.8 Å². The van der Waals surface area contributed by atoms with Crippen molar-refractivity contribution in [2.24, 2.45) is 0 Å². The Kier molecular flexibility index (Phi) is 4.71. The smallest absolute Gasteiger partial charge is 0.234 e. The summed E-state index contributed by atoms with van der Waals surface area (Å²) < 4.78 is 5.30. The Balaban J connectivity index is 1.62. The Morgan fingerprint density at radius 3 is 2.68 bits per heavy atom. The molecule has 1 heterocycles. The standard InChI is InChI=1S/C18H22N2O2/c1-14(19-18(21)13-20-8-10-22-11-9-20)16-7-6-15-4-2-3-5-17(15)12-16/h2-7,12,14H,8-11,13H2,1H3,(H,19,21)/t14-/m0/s1. The highest BCUT2D eigenvalue weighted by Crippen LogP contribution is 2.20. The number of fused-ring (bicyclic) bond motifs is 1. The molecule has 116 valence electrons. The first-order valence-electron chi connectivity index (χ1n) is 7.80. The van der Waals surface area contributed by atoms with Gasteiger partial charge in [0.25, 0.3) is 0 Å². The van der Waals surface area contributed by atoms with Crippen LogP contribution in [0.25, 0.3) is 10.8 Å². The number of hydrogen-bond acceptors (Lipinski definition) is 3. The van der Waals surface area contributed by atoms with E-state index in [-0.39, 0.29) is 11.9 Å². The van der Waals surface area contributed by atoms with E-state index in [2.05, 4.69) is 40.5 Å². The Labute approximate surface area is 131 Å². The highest BCUT2D eigenvalue weighted by atomic mass is 16.5. The minimum absolute atomic E-state index is 0.0122. The van der Waals surface area contributed by atoms with Crippen LogP contribution >= 0.6 is 0 Å². The molecule has 1 fully saturated rings. The van der Waals surface area contributed by atoms with E-state index in [9.17, 15) is 4.79 Å². The maximum absolute atomic E-state index is 12.2. The summed E-state index contributed by atoms with van der Waals surface area (Å²) in [5, 5.41) is 5.51. The summed E-state index contributed by atoms with van der Waals surface area (Å²) in [6, 6.07) is 14.6. The molecule has 4 nitrogen and oxygen atoms in total. The number of rotatable bonds is 4. The van der Waals surface area contributed by atoms with Gasteiger partial charge in [0.05, 0.1) is 25.8 Å². The molecule has 0 aliphatic carbocycles. The topological polar surface area (TPSA) is 41.6 Å². The van der Waals surface area contributed by atoms with E-state index in [1.807, 2.05) is 19.1 Å². The van der Waals surface area contributed by atoms with Crippen molar-refractivity contribution in [3.05, 3.63) is 48.0 Å². The second-order valence-corrected chi connectivity index (χ2v) is 5.78. The zero-order chi connectivity index (χ0) is 15.4. The van der Waals surface area contributed by atoms with Crippen LogP contribution in [0.4, 0.5) is 0 Å². The van der Waals surface area contributed by atoms with E-state index < -0.39 is 0 Å². The number of carbonyl (C=O) groups excluding carboxylic acids is 1. The lowest BCUT2D eigenvalue weighted by molar-refractivity contribution is -0.123. The van der Waals surface area contributed by atoms with E-state index in [0.29, 0.717) is 19.8 Å². The molecular formula is C18H22N2O2. The molecular weight excluding hydrogens is 276 g/mol. The van der Waals surface area contributed by atoms with E-state index in [1.165, 1.54) is 10.8 Å². The van der Waals surface area contributed by atoms with Crippen molar-refractivity contribution < 1.29 is 9.53 Å². The van der Waals surface area contributed by atoms with Gasteiger partial charge in [-0.1, -0.05) is 36.4 Å². The average Bonchev–Trinajstić information content (AvgIpc) is 2.55. The predicted octanol–water partition coefficient (Wildman–Crippen LogP) is 2.35. The molecule has 2 aromatic carbocycles. The van der Waals surface area contributed by atoms with Gasteiger partial charge in [0.1, 0.15) is 0 Å². The third-order valence-corrected chi connectivity index (χ3v) is 4.12. The molecule has 0 saturated carbocycles. The van der Waals surface area contributed by atoms with Gasteiger partial charge in [-0.25, -0.2) is 0 Å². The number of ether oxygens (including phenoxy) is 1. The van der Waals surface area contributed by atoms with Gasteiger partial charge in [0.15, 0.2) is 0 Å². The van der Waals surface area contributed by atoms with Gasteiger partial charge in [-0.2, -0.15) is 0 Å². The molecule has 0 spiro atoms. The number of benzene rings is 2. The maximum Gasteiger partial charge on any atom is 0.234 e. The molecule has 1 atom stereocenters. The summed E-state index contributed by atoms with van der Waals surface area (Å²) in [6.45, 7) is 5.57. The van der Waals surface area contributed by atoms with Crippen LogP contribution in [-0.2, 0) is 9.53 Å². The number of carbonyl (C=O) groups is 1. The minimum Gasteiger partial charge on any atom is -0.379 e. The molecule has 1 aliphatic heterocycles. The third-order valence-electron chi connectivity index (χ3n) is 4.12. The first-order valence-corrected chi connectivity index (χ1v) is 7.80. The minimum atomic E-state index is 0.0122. The van der Waals surface area contributed by atoms with E-state index in [0.717, 1.165) is 18.7 Å². The van der Waals surface area contributed by atoms with Gasteiger partial charge >= 0.3 is 0 Å². The van der Waals surface area contributed by atoms with Gasteiger partial charge in [-0.3, -0.25) is 9.69 Å². The largest absolute Gasteiger partial charge is 0.379 e. The van der Waals surface area contributed by atoms with Crippen molar-refractivity contribution in [2.45, 2.75) is 13.0 Å². The van der Waals surface area contributed by atoms with E-state index >= 15 is 0 Å². The molecule has 3 rings (SSSR count). The second-order valence-electron chi connectivity index (χ2n) is 5.78. The lowest BCUT2D eigenvalue weighted by Crippen LogP contribution is -2.43. The number of hydrogen-bond donors (Lipinski definition) is 1. The van der Waals surface area contributed by atoms with Gasteiger partial charge in [0, 0.05) is 13.1 Å². The Bertz CT molecular complexity index is 650. The molecule has 2 aromatic rings. The van der Waals surface area contributed by atoms with E-state index in [4.69, 9.17) is 4.74 Å². The predicted molar refractivity (Wildman–Crippen MR) is 87.8 cm³/mol. The van der Waals surface area contributed by atoms with Crippen molar-refractivity contribution >= 4 is 16.7 Å². The summed E-state index contributed by atoms with van der Waals surface area (Å²) in [5.74, 6) is 0.0718. The molecule has 1 amide bonds. The zero-order valence-electron chi connectivity index (χ0n) is 12.9. The molecule has 4 heteroatoms. The summed E-state index contributed by atoms with van der Waals surface area (Å²) in [7, 11) is 0. The van der Waals surface area contributed by atoms with Gasteiger partial charge < -0.3 is 10.1 Å². The first-order chi connectivity index (χ1) is 10.7. The molecule has 0 bridgehead atoms. The van der Waals surface area contributed by atoms with Crippen molar-refractivity contribution in [3.63, 3.8) is 0 Å². The third kappa shape index (κ3) is 3.64. The van der Waals surface area contributed by atoms with Gasteiger partial charge in [-0.05, 0) is 29.3 Å². The number of nitrogens with zero attached hydrogens (tertiary/aromatic N) is 1. The molecule has 1 N–H and O–H groups in total. The quantitative estimate of drug-likeness (QED) is 0.942. The van der Waals surface area contributed by atoms with Crippen molar-refractivity contribution in [1.29, 1.82) is 0 Å². The summed E-state index contributed by atoms with van der Waals surface area (Å²) >= 11 is 0. The Hall–Kier alpha value is -1.91. The lowest BCUT2D eigenvalue weighted by atomic mass is 10.0. The van der Waals surface area contributed by atoms with Gasteiger partial charge in [0.2, 0.25) is 5.91 Å². The Morgan fingerprint density at radius 2 is 1.91 bits per heavy atom. The van der Waals surface area contributed by atoms with Crippen LogP contribution in [0.5, 0.6) is 0 Å². The van der Waals surface area contributed by atoms with Crippen LogP contribution in [0.1, 0.15) is 18.5 Å². The van der Waals surface area contributed by atoms with Crippen LogP contribution in [-0.4, -0.2) is 43.7 Å². The highest BCUT2D eigenvalue weighted by Gasteiger charge is 2.16. The molecule has 1 aliphatic rings. The van der Waals surface area contributed by atoms with Crippen LogP contribution in [0.2, 0.25) is 0 Å². The van der Waals surface area contributed by atoms with Crippen molar-refractivity contribution in [1.82, 2.24) is 10.2 Å². The fourth-order valence-electron chi connectivity index (χ4n) is 2.81. The second kappa shape index (κ2) is 6.90. The fourth-order valence-corrected chi connectivity index (χ4v) is 2.81. The molecule has 1 saturated heterocycles. The number of amides is 1. The SMILES string of the molecule is C[C@H](NC(=O)CN1CCOCC1)c1ccc2ccccc2c1. The lowest BCUT2D eigenvalue weighted by Gasteiger charge is -2.26. The van der Waals surface area contributed by atoms with E-state index in [1.54, 1.807) is 0 Å². The van der Waals surface area contributed by atoms with Crippen LogP contribution in [0.3, 0.4) is 0 Å². The van der Waals surface area contributed by atoms with Crippen LogP contribution in [0.15, 0.2) is 42.5 Å². The Morgan fingerprint density at radius 1 is 1.18 bits per heavy atom. The average molecular weight is 298 g/mol. The maximum atomic E-state index is 12.2. The van der Waals surface area contributed by atoms with Crippen molar-refractivity contribution in [3.8, 4) is 0 Å². The molecule has 0 aromatic heterocycles. The monoisotopic (exact) mass is 298 g/mol. The van der Waals surface area contributed by atoms with Crippen LogP contribution in [0, 0.1) is 0 Å². The summed E-state index contributed by atoms with van der Waals surface area (Å²) in [6.07, 6.45) is 0. The van der Waals surface area contributed by atoms with Gasteiger partial charge in [-0.15, -0.1) is 0 Å². The first kappa shape index (κ1) is 15.0. The summed E-state index contributed by atoms with van der Waals surface area (Å²) in [4.78, 5) is 14.3. The molecule has 0 unspecified atom stereocenters.